The van der Waals surface area contributed by atoms with Gasteiger partial charge >= 0.3 is 5.76 Å². The third-order valence-electron chi connectivity index (χ3n) is 4.74. The van der Waals surface area contributed by atoms with Crippen LogP contribution in [0.15, 0.2) is 56.6 Å². The van der Waals surface area contributed by atoms with E-state index in [1.807, 2.05) is 0 Å². The van der Waals surface area contributed by atoms with Gasteiger partial charge in [0.25, 0.3) is 0 Å². The van der Waals surface area contributed by atoms with Gasteiger partial charge in [-0.15, -0.1) is 0 Å². The molecule has 1 saturated heterocycles. The maximum atomic E-state index is 13.0. The number of nitrogens with zero attached hydrogens (tertiary/aromatic N) is 1. The number of nitrogens with one attached hydrogen (secondary N) is 2. The first kappa shape index (κ1) is 17.7. The molecule has 1 aliphatic heterocycles. The molecule has 0 aliphatic carbocycles. The van der Waals surface area contributed by atoms with Gasteiger partial charge in [-0.1, -0.05) is 0 Å². The van der Waals surface area contributed by atoms with Crippen molar-refractivity contribution >= 4 is 26.8 Å². The minimum absolute atomic E-state index is 0.0473. The predicted octanol–water partition coefficient (Wildman–Crippen LogP) is 2.06. The van der Waals surface area contributed by atoms with E-state index in [9.17, 15) is 17.6 Å². The van der Waals surface area contributed by atoms with Crippen LogP contribution in [0.3, 0.4) is 0 Å². The second-order valence-electron chi connectivity index (χ2n) is 6.60. The molecule has 7 nitrogen and oxygen atoms in total. The van der Waals surface area contributed by atoms with Crippen LogP contribution in [0.25, 0.3) is 11.1 Å². The Bertz CT molecular complexity index is 1120. The number of oxazole rings is 1. The molecule has 1 fully saturated rings. The summed E-state index contributed by atoms with van der Waals surface area (Å²) in [5, 5.41) is 0. The van der Waals surface area contributed by atoms with Crippen LogP contribution in [0, 0.1) is 11.7 Å². The number of sulfonamides is 1. The number of H-pyrrole nitrogens is 1. The maximum absolute atomic E-state index is 13.0. The highest BCUT2D eigenvalue weighted by molar-refractivity contribution is 7.89. The maximum Gasteiger partial charge on any atom is 0.417 e. The molecule has 0 saturated carbocycles. The molecule has 27 heavy (non-hydrogen) atoms. The molecule has 0 spiro atoms. The number of anilines is 1. The van der Waals surface area contributed by atoms with E-state index in [-0.39, 0.29) is 22.2 Å². The minimum atomic E-state index is -3.71. The summed E-state index contributed by atoms with van der Waals surface area (Å²) in [6, 6.07) is 10.5. The number of halogens is 1. The van der Waals surface area contributed by atoms with E-state index < -0.39 is 15.8 Å². The molecule has 0 amide bonds. The molecule has 1 aliphatic rings. The van der Waals surface area contributed by atoms with Gasteiger partial charge in [0.05, 0.1) is 10.4 Å². The quantitative estimate of drug-likeness (QED) is 0.694. The van der Waals surface area contributed by atoms with Crippen LogP contribution >= 0.6 is 0 Å². The predicted molar refractivity (Wildman–Crippen MR) is 98.7 cm³/mol. The Hall–Kier alpha value is -2.65. The smallest absolute Gasteiger partial charge is 0.408 e. The molecule has 4 rings (SSSR count). The van der Waals surface area contributed by atoms with Crippen LogP contribution in [0.1, 0.15) is 6.42 Å². The van der Waals surface area contributed by atoms with E-state index in [0.717, 1.165) is 18.7 Å². The SMILES string of the molecule is O=c1[nH]c2ccc(S(=O)(=O)NCC3CCN(c4ccc(F)cc4)C3)cc2o1. The molecular weight excluding hydrogens is 373 g/mol. The first-order valence-corrected chi connectivity index (χ1v) is 10.0. The Morgan fingerprint density at radius 1 is 1.22 bits per heavy atom. The number of aromatic amines is 1. The lowest BCUT2D eigenvalue weighted by Crippen LogP contribution is -2.31. The van der Waals surface area contributed by atoms with Gasteiger partial charge in [0.1, 0.15) is 5.82 Å². The minimum Gasteiger partial charge on any atom is -0.408 e. The van der Waals surface area contributed by atoms with Gasteiger partial charge in [0.2, 0.25) is 10.0 Å². The van der Waals surface area contributed by atoms with Crippen LogP contribution in [0.4, 0.5) is 10.1 Å². The number of aromatic nitrogens is 1. The molecule has 0 radical (unpaired) electrons. The van der Waals surface area contributed by atoms with E-state index in [2.05, 4.69) is 14.6 Å². The topological polar surface area (TPSA) is 95.4 Å². The average Bonchev–Trinajstić information content (AvgIpc) is 3.25. The standard InChI is InChI=1S/C18H18FN3O4S/c19-13-1-3-14(4-2-13)22-8-7-12(11-22)10-20-27(24,25)15-5-6-16-17(9-15)26-18(23)21-16/h1-6,9,12,20H,7-8,10-11H2,(H,21,23). The van der Waals surface area contributed by atoms with Crippen molar-refractivity contribution in [2.45, 2.75) is 11.3 Å². The van der Waals surface area contributed by atoms with Crippen molar-refractivity contribution < 1.29 is 17.2 Å². The highest BCUT2D eigenvalue weighted by Gasteiger charge is 2.25. The summed E-state index contributed by atoms with van der Waals surface area (Å²) < 4.78 is 45.6. The zero-order valence-corrected chi connectivity index (χ0v) is 15.1. The zero-order chi connectivity index (χ0) is 19.0. The van der Waals surface area contributed by atoms with Crippen LogP contribution in [-0.2, 0) is 10.0 Å². The van der Waals surface area contributed by atoms with Gasteiger partial charge in [0, 0.05) is 31.4 Å². The monoisotopic (exact) mass is 391 g/mol. The molecule has 2 aromatic carbocycles. The highest BCUT2D eigenvalue weighted by Crippen LogP contribution is 2.24. The Kier molecular flexibility index (Phi) is 4.48. The van der Waals surface area contributed by atoms with E-state index in [0.29, 0.717) is 18.6 Å². The third kappa shape index (κ3) is 3.74. The molecule has 9 heteroatoms. The summed E-state index contributed by atoms with van der Waals surface area (Å²) in [6.07, 6.45) is 0.839. The van der Waals surface area contributed by atoms with Crippen molar-refractivity contribution in [2.24, 2.45) is 5.92 Å². The van der Waals surface area contributed by atoms with Gasteiger partial charge in [-0.05, 0) is 48.7 Å². The second-order valence-corrected chi connectivity index (χ2v) is 8.37. The molecule has 1 aromatic heterocycles. The number of benzene rings is 2. The Balaban J connectivity index is 1.41. The largest absolute Gasteiger partial charge is 0.417 e. The summed E-state index contributed by atoms with van der Waals surface area (Å²) in [5.41, 5.74) is 1.57. The molecule has 142 valence electrons. The molecule has 2 heterocycles. The van der Waals surface area contributed by atoms with Gasteiger partial charge in [0.15, 0.2) is 5.58 Å². The summed E-state index contributed by atoms with van der Waals surface area (Å²) in [4.78, 5) is 15.8. The van der Waals surface area contributed by atoms with Gasteiger partial charge in [-0.3, -0.25) is 4.98 Å². The van der Waals surface area contributed by atoms with Crippen LogP contribution < -0.4 is 15.4 Å². The number of fused-ring (bicyclic) bond motifs is 1. The lowest BCUT2D eigenvalue weighted by molar-refractivity contribution is 0.540. The van der Waals surface area contributed by atoms with Crippen molar-refractivity contribution in [1.29, 1.82) is 0 Å². The molecule has 0 bridgehead atoms. The molecule has 2 N–H and O–H groups in total. The zero-order valence-electron chi connectivity index (χ0n) is 14.3. The van der Waals surface area contributed by atoms with E-state index >= 15 is 0 Å². The summed E-state index contributed by atoms with van der Waals surface area (Å²) in [7, 11) is -3.71. The molecule has 1 atom stereocenters. The third-order valence-corrected chi connectivity index (χ3v) is 6.16. The Morgan fingerprint density at radius 3 is 2.78 bits per heavy atom. The Labute approximate surface area is 154 Å². The second kappa shape index (κ2) is 6.82. The van der Waals surface area contributed by atoms with Crippen LogP contribution in [-0.4, -0.2) is 33.0 Å². The van der Waals surface area contributed by atoms with Gasteiger partial charge in [-0.25, -0.2) is 22.3 Å². The fourth-order valence-electron chi connectivity index (χ4n) is 3.29. The first-order chi connectivity index (χ1) is 12.9. The first-order valence-electron chi connectivity index (χ1n) is 8.54. The van der Waals surface area contributed by atoms with Crippen molar-refractivity contribution in [3.63, 3.8) is 0 Å². The molecule has 3 aromatic rings. The lowest BCUT2D eigenvalue weighted by atomic mass is 10.1. The summed E-state index contributed by atoms with van der Waals surface area (Å²) in [6.45, 7) is 1.79. The normalized spacial score (nSPS) is 17.7. The van der Waals surface area contributed by atoms with E-state index in [4.69, 9.17) is 4.42 Å². The molecular formula is C18H18FN3O4S. The number of hydrogen-bond acceptors (Lipinski definition) is 5. The van der Waals surface area contributed by atoms with Crippen molar-refractivity contribution in [3.8, 4) is 0 Å². The summed E-state index contributed by atoms with van der Waals surface area (Å²) >= 11 is 0. The van der Waals surface area contributed by atoms with Gasteiger partial charge < -0.3 is 9.32 Å². The highest BCUT2D eigenvalue weighted by atomic mass is 32.2. The lowest BCUT2D eigenvalue weighted by Gasteiger charge is -2.18. The van der Waals surface area contributed by atoms with E-state index in [1.54, 1.807) is 12.1 Å². The van der Waals surface area contributed by atoms with E-state index in [1.165, 1.54) is 30.3 Å². The van der Waals surface area contributed by atoms with Crippen molar-refractivity contribution in [3.05, 3.63) is 58.8 Å². The van der Waals surface area contributed by atoms with Crippen molar-refractivity contribution in [2.75, 3.05) is 24.5 Å². The van der Waals surface area contributed by atoms with Crippen LogP contribution in [0.2, 0.25) is 0 Å². The summed E-state index contributed by atoms with van der Waals surface area (Å²) in [5.74, 6) is -0.754. The average molecular weight is 391 g/mol. The molecule has 1 unspecified atom stereocenters. The van der Waals surface area contributed by atoms with Gasteiger partial charge in [-0.2, -0.15) is 0 Å². The van der Waals surface area contributed by atoms with Crippen LogP contribution in [0.5, 0.6) is 0 Å². The Morgan fingerprint density at radius 2 is 2.00 bits per heavy atom. The number of hydrogen-bond donors (Lipinski definition) is 2. The fourth-order valence-corrected chi connectivity index (χ4v) is 4.42. The number of rotatable bonds is 5. The van der Waals surface area contributed by atoms with Crippen molar-refractivity contribution in [1.82, 2.24) is 9.71 Å². The fraction of sp³-hybridized carbons (Fsp3) is 0.278.